The highest BCUT2D eigenvalue weighted by Crippen LogP contribution is 2.25. The van der Waals surface area contributed by atoms with Crippen molar-refractivity contribution in [1.29, 1.82) is 0 Å². The molecule has 0 bridgehead atoms. The first-order valence-corrected chi connectivity index (χ1v) is 11.6. The van der Waals surface area contributed by atoms with Crippen molar-refractivity contribution >= 4 is 27.5 Å². The van der Waals surface area contributed by atoms with Crippen LogP contribution in [-0.2, 0) is 10.0 Å². The number of aromatic nitrogens is 3. The third kappa shape index (κ3) is 4.52. The molecule has 0 spiro atoms. The summed E-state index contributed by atoms with van der Waals surface area (Å²) in [6, 6.07) is 11.2. The fourth-order valence-corrected chi connectivity index (χ4v) is 5.38. The molecule has 31 heavy (non-hydrogen) atoms. The molecular weight excluding hydrogens is 412 g/mol. The van der Waals surface area contributed by atoms with Crippen LogP contribution in [0.3, 0.4) is 0 Å². The number of aryl methyl sites for hydroxylation is 3. The van der Waals surface area contributed by atoms with Crippen LogP contribution in [0, 0.1) is 20.8 Å². The van der Waals surface area contributed by atoms with Crippen molar-refractivity contribution in [2.45, 2.75) is 25.7 Å². The van der Waals surface area contributed by atoms with E-state index in [2.05, 4.69) is 25.2 Å². The van der Waals surface area contributed by atoms with Crippen molar-refractivity contribution < 1.29 is 8.42 Å². The maximum Gasteiger partial charge on any atom is 0.243 e. The van der Waals surface area contributed by atoms with E-state index in [1.165, 1.54) is 6.33 Å². The van der Waals surface area contributed by atoms with Gasteiger partial charge in [0.1, 0.15) is 23.8 Å². The molecule has 0 unspecified atom stereocenters. The van der Waals surface area contributed by atoms with E-state index < -0.39 is 10.0 Å². The Morgan fingerprint density at radius 1 is 0.839 bits per heavy atom. The average molecular weight is 439 g/mol. The van der Waals surface area contributed by atoms with Gasteiger partial charge in [0.25, 0.3) is 0 Å². The summed E-state index contributed by atoms with van der Waals surface area (Å²) < 4.78 is 28.0. The molecule has 1 saturated heterocycles. The molecule has 0 amide bonds. The molecule has 0 saturated carbocycles. The minimum atomic E-state index is -3.53. The summed E-state index contributed by atoms with van der Waals surface area (Å²) in [6.45, 7) is 7.72. The molecular formula is C22H26N6O2S. The molecule has 1 aliphatic rings. The second kappa shape index (κ2) is 8.60. The van der Waals surface area contributed by atoms with E-state index >= 15 is 0 Å². The number of piperazine rings is 1. The van der Waals surface area contributed by atoms with Crippen molar-refractivity contribution in [2.24, 2.45) is 0 Å². The molecule has 8 nitrogen and oxygen atoms in total. The van der Waals surface area contributed by atoms with Gasteiger partial charge in [-0.25, -0.2) is 23.4 Å². The predicted molar refractivity (Wildman–Crippen MR) is 121 cm³/mol. The first-order valence-electron chi connectivity index (χ1n) is 10.2. The minimum absolute atomic E-state index is 0.396. The van der Waals surface area contributed by atoms with Gasteiger partial charge in [-0.15, -0.1) is 0 Å². The molecule has 0 radical (unpaired) electrons. The van der Waals surface area contributed by atoms with Gasteiger partial charge in [0.15, 0.2) is 0 Å². The lowest BCUT2D eigenvalue weighted by Gasteiger charge is -2.35. The normalized spacial score (nSPS) is 15.1. The molecule has 3 heterocycles. The summed E-state index contributed by atoms with van der Waals surface area (Å²) in [6.07, 6.45) is 3.21. The van der Waals surface area contributed by atoms with Gasteiger partial charge in [0.05, 0.1) is 4.90 Å². The van der Waals surface area contributed by atoms with Crippen molar-refractivity contribution in [3.8, 4) is 0 Å². The van der Waals surface area contributed by atoms with Gasteiger partial charge in [0.2, 0.25) is 10.0 Å². The van der Waals surface area contributed by atoms with E-state index in [9.17, 15) is 8.42 Å². The fourth-order valence-electron chi connectivity index (χ4n) is 3.66. The minimum Gasteiger partial charge on any atom is -0.354 e. The second-order valence-corrected chi connectivity index (χ2v) is 9.60. The Bertz CT molecular complexity index is 1180. The first-order chi connectivity index (χ1) is 14.8. The molecule has 9 heteroatoms. The number of anilines is 3. The Balaban J connectivity index is 1.46. The van der Waals surface area contributed by atoms with Gasteiger partial charge < -0.3 is 10.2 Å². The summed E-state index contributed by atoms with van der Waals surface area (Å²) in [5.74, 6) is 2.10. The van der Waals surface area contributed by atoms with Crippen molar-refractivity contribution in [3.05, 3.63) is 65.6 Å². The zero-order valence-corrected chi connectivity index (χ0v) is 18.7. The molecule has 1 N–H and O–H groups in total. The van der Waals surface area contributed by atoms with Crippen LogP contribution in [0.2, 0.25) is 0 Å². The van der Waals surface area contributed by atoms with Crippen LogP contribution in [0.15, 0.2) is 53.8 Å². The number of nitrogens with zero attached hydrogens (tertiary/aromatic N) is 5. The van der Waals surface area contributed by atoms with E-state index in [0.717, 1.165) is 22.5 Å². The third-order valence-corrected chi connectivity index (χ3v) is 7.59. The van der Waals surface area contributed by atoms with E-state index in [-0.39, 0.29) is 0 Å². The number of rotatable bonds is 5. The number of hydrogen-bond donors (Lipinski definition) is 1. The Kier molecular flexibility index (Phi) is 5.88. The van der Waals surface area contributed by atoms with Gasteiger partial charge in [0, 0.05) is 38.4 Å². The maximum absolute atomic E-state index is 13.2. The fraction of sp³-hybridized carbons (Fsp3) is 0.318. The lowest BCUT2D eigenvalue weighted by Crippen LogP contribution is -2.49. The monoisotopic (exact) mass is 438 g/mol. The number of benzene rings is 1. The maximum atomic E-state index is 13.2. The summed E-state index contributed by atoms with van der Waals surface area (Å²) in [7, 11) is -3.53. The largest absolute Gasteiger partial charge is 0.354 e. The first kappa shape index (κ1) is 21.2. The molecule has 1 aliphatic heterocycles. The third-order valence-electron chi connectivity index (χ3n) is 5.55. The summed E-state index contributed by atoms with van der Waals surface area (Å²) in [4.78, 5) is 15.3. The van der Waals surface area contributed by atoms with Crippen molar-refractivity contribution in [1.82, 2.24) is 19.3 Å². The van der Waals surface area contributed by atoms with Crippen molar-refractivity contribution in [2.75, 3.05) is 36.4 Å². The van der Waals surface area contributed by atoms with Crippen LogP contribution in [0.5, 0.6) is 0 Å². The Morgan fingerprint density at radius 3 is 2.29 bits per heavy atom. The summed E-state index contributed by atoms with van der Waals surface area (Å²) in [5, 5.41) is 3.16. The van der Waals surface area contributed by atoms with Gasteiger partial charge in [-0.3, -0.25) is 0 Å². The topological polar surface area (TPSA) is 91.3 Å². The highest BCUT2D eigenvalue weighted by molar-refractivity contribution is 7.89. The summed E-state index contributed by atoms with van der Waals surface area (Å²) >= 11 is 0. The van der Waals surface area contributed by atoms with Crippen LogP contribution in [-0.4, -0.2) is 53.9 Å². The molecule has 2 aromatic heterocycles. The Labute approximate surface area is 183 Å². The van der Waals surface area contributed by atoms with Crippen LogP contribution < -0.4 is 10.2 Å². The van der Waals surface area contributed by atoms with Crippen molar-refractivity contribution in [3.63, 3.8) is 0 Å². The van der Waals surface area contributed by atoms with Gasteiger partial charge in [-0.1, -0.05) is 12.1 Å². The second-order valence-electron chi connectivity index (χ2n) is 7.69. The van der Waals surface area contributed by atoms with Crippen LogP contribution >= 0.6 is 0 Å². The Hall–Kier alpha value is -3.04. The SMILES string of the molecule is Cc1cc(C)c(S(=O)(=O)N2CCN(c3cc(Nc4ccccn4)ncn3)CC2)cc1C. The lowest BCUT2D eigenvalue weighted by atomic mass is 10.1. The molecule has 1 fully saturated rings. The number of hydrogen-bond acceptors (Lipinski definition) is 7. The molecule has 162 valence electrons. The van der Waals surface area contributed by atoms with Crippen LogP contribution in [0.25, 0.3) is 0 Å². The molecule has 1 aromatic carbocycles. The number of nitrogens with one attached hydrogen (secondary N) is 1. The molecule has 0 aliphatic carbocycles. The van der Waals surface area contributed by atoms with E-state index in [0.29, 0.717) is 42.7 Å². The van der Waals surface area contributed by atoms with E-state index in [4.69, 9.17) is 0 Å². The Morgan fingerprint density at radius 2 is 1.58 bits per heavy atom. The predicted octanol–water partition coefficient (Wildman–Crippen LogP) is 3.05. The summed E-state index contributed by atoms with van der Waals surface area (Å²) in [5.41, 5.74) is 2.86. The highest BCUT2D eigenvalue weighted by atomic mass is 32.2. The van der Waals surface area contributed by atoms with E-state index in [1.807, 2.05) is 51.1 Å². The molecule has 4 rings (SSSR count). The number of sulfonamides is 1. The van der Waals surface area contributed by atoms with Gasteiger partial charge in [-0.05, 0) is 55.7 Å². The quantitative estimate of drug-likeness (QED) is 0.655. The van der Waals surface area contributed by atoms with Crippen LogP contribution in [0.1, 0.15) is 16.7 Å². The zero-order chi connectivity index (χ0) is 22.0. The lowest BCUT2D eigenvalue weighted by molar-refractivity contribution is 0.383. The van der Waals surface area contributed by atoms with Gasteiger partial charge in [-0.2, -0.15) is 4.31 Å². The van der Waals surface area contributed by atoms with E-state index in [1.54, 1.807) is 16.6 Å². The van der Waals surface area contributed by atoms with Crippen LogP contribution in [0.4, 0.5) is 17.5 Å². The smallest absolute Gasteiger partial charge is 0.243 e. The van der Waals surface area contributed by atoms with Gasteiger partial charge >= 0.3 is 0 Å². The standard InChI is InChI=1S/C22H26N6O2S/c1-16-12-18(3)19(13-17(16)2)31(29,30)28-10-8-27(9-11-28)22-14-21(24-15-25-22)26-20-6-4-5-7-23-20/h4-7,12-15H,8-11H2,1-3H3,(H,23,24,25,26). The highest BCUT2D eigenvalue weighted by Gasteiger charge is 2.30. The zero-order valence-electron chi connectivity index (χ0n) is 17.9. The average Bonchev–Trinajstić information content (AvgIpc) is 2.77. The molecule has 3 aromatic rings. The number of pyridine rings is 1. The molecule has 0 atom stereocenters.